The third kappa shape index (κ3) is 6.10. The minimum Gasteiger partial charge on any atom is -0.357 e. The first-order chi connectivity index (χ1) is 11.2. The van der Waals surface area contributed by atoms with Crippen molar-refractivity contribution in [3.63, 3.8) is 0 Å². The first-order valence-corrected chi connectivity index (χ1v) is 8.03. The summed E-state index contributed by atoms with van der Waals surface area (Å²) >= 11 is 0. The summed E-state index contributed by atoms with van der Waals surface area (Å²) in [7, 11) is 0. The van der Waals surface area contributed by atoms with E-state index in [9.17, 15) is 4.39 Å². The molecule has 132 valence electrons. The molecule has 0 aliphatic rings. The SMILES string of the molecule is CCCCNC(=NCc1ccc(-n2ccnc2)c(F)c1)NCC.I. The summed E-state index contributed by atoms with van der Waals surface area (Å²) in [5, 5.41) is 6.47. The Bertz CT molecular complexity index is 628. The highest BCUT2D eigenvalue weighted by molar-refractivity contribution is 14.0. The Morgan fingerprint density at radius 3 is 2.75 bits per heavy atom. The van der Waals surface area contributed by atoms with Crippen LogP contribution in [0.4, 0.5) is 4.39 Å². The lowest BCUT2D eigenvalue weighted by Crippen LogP contribution is -2.37. The van der Waals surface area contributed by atoms with E-state index < -0.39 is 0 Å². The van der Waals surface area contributed by atoms with Gasteiger partial charge in [-0.1, -0.05) is 19.4 Å². The Labute approximate surface area is 159 Å². The maximum absolute atomic E-state index is 14.2. The third-order valence-corrected chi connectivity index (χ3v) is 3.38. The highest BCUT2D eigenvalue weighted by atomic mass is 127. The van der Waals surface area contributed by atoms with E-state index in [1.165, 1.54) is 6.07 Å². The minimum atomic E-state index is -0.278. The van der Waals surface area contributed by atoms with E-state index in [1.807, 2.05) is 13.0 Å². The fourth-order valence-corrected chi connectivity index (χ4v) is 2.16. The highest BCUT2D eigenvalue weighted by Crippen LogP contribution is 2.15. The lowest BCUT2D eigenvalue weighted by atomic mass is 10.2. The molecule has 0 amide bonds. The van der Waals surface area contributed by atoms with Crippen molar-refractivity contribution in [3.8, 4) is 5.69 Å². The number of benzene rings is 1. The largest absolute Gasteiger partial charge is 0.357 e. The molecule has 5 nitrogen and oxygen atoms in total. The molecule has 2 aromatic rings. The molecule has 1 aromatic carbocycles. The van der Waals surface area contributed by atoms with Gasteiger partial charge in [-0.05, 0) is 31.0 Å². The molecule has 0 unspecified atom stereocenters. The van der Waals surface area contributed by atoms with Gasteiger partial charge in [0.2, 0.25) is 0 Å². The summed E-state index contributed by atoms with van der Waals surface area (Å²) < 4.78 is 15.9. The van der Waals surface area contributed by atoms with Crippen molar-refractivity contribution in [1.82, 2.24) is 20.2 Å². The van der Waals surface area contributed by atoms with E-state index in [4.69, 9.17) is 0 Å². The van der Waals surface area contributed by atoms with Gasteiger partial charge in [-0.25, -0.2) is 14.4 Å². The maximum Gasteiger partial charge on any atom is 0.191 e. The summed E-state index contributed by atoms with van der Waals surface area (Å²) in [4.78, 5) is 8.43. The number of unbranched alkanes of at least 4 members (excludes halogenated alkanes) is 1. The minimum absolute atomic E-state index is 0. The molecule has 1 aromatic heterocycles. The maximum atomic E-state index is 14.2. The average molecular weight is 445 g/mol. The van der Waals surface area contributed by atoms with Crippen LogP contribution in [0.5, 0.6) is 0 Å². The molecule has 0 saturated heterocycles. The van der Waals surface area contributed by atoms with Gasteiger partial charge in [0.1, 0.15) is 5.82 Å². The lowest BCUT2D eigenvalue weighted by Gasteiger charge is -2.11. The Morgan fingerprint density at radius 1 is 1.29 bits per heavy atom. The number of guanidine groups is 1. The van der Waals surface area contributed by atoms with Crippen LogP contribution in [0.1, 0.15) is 32.3 Å². The van der Waals surface area contributed by atoms with Crippen molar-refractivity contribution in [2.24, 2.45) is 4.99 Å². The third-order valence-electron chi connectivity index (χ3n) is 3.38. The molecule has 2 rings (SSSR count). The quantitative estimate of drug-likeness (QED) is 0.297. The summed E-state index contributed by atoms with van der Waals surface area (Å²) in [6.07, 6.45) is 7.16. The van der Waals surface area contributed by atoms with Crippen LogP contribution in [0.2, 0.25) is 0 Å². The van der Waals surface area contributed by atoms with Crippen LogP contribution in [0.3, 0.4) is 0 Å². The summed E-state index contributed by atoms with van der Waals surface area (Å²) in [6.45, 7) is 6.29. The van der Waals surface area contributed by atoms with Gasteiger partial charge in [-0.15, -0.1) is 24.0 Å². The number of nitrogens with one attached hydrogen (secondary N) is 2. The molecule has 2 N–H and O–H groups in total. The van der Waals surface area contributed by atoms with E-state index in [0.29, 0.717) is 12.2 Å². The van der Waals surface area contributed by atoms with E-state index in [2.05, 4.69) is 27.5 Å². The van der Waals surface area contributed by atoms with Crippen molar-refractivity contribution in [3.05, 3.63) is 48.3 Å². The number of hydrogen-bond acceptors (Lipinski definition) is 2. The first-order valence-electron chi connectivity index (χ1n) is 8.03. The van der Waals surface area contributed by atoms with Gasteiger partial charge >= 0.3 is 0 Å². The number of aromatic nitrogens is 2. The molecule has 0 radical (unpaired) electrons. The monoisotopic (exact) mass is 445 g/mol. The smallest absolute Gasteiger partial charge is 0.191 e. The molecule has 7 heteroatoms. The Hall–Kier alpha value is -1.64. The number of imidazole rings is 1. The molecule has 0 aliphatic carbocycles. The van der Waals surface area contributed by atoms with Gasteiger partial charge in [0.25, 0.3) is 0 Å². The fraction of sp³-hybridized carbons (Fsp3) is 0.412. The lowest BCUT2D eigenvalue weighted by molar-refractivity contribution is 0.615. The predicted octanol–water partition coefficient (Wildman–Crippen LogP) is 3.48. The second-order valence-corrected chi connectivity index (χ2v) is 5.23. The van der Waals surface area contributed by atoms with Crippen molar-refractivity contribution in [1.29, 1.82) is 0 Å². The van der Waals surface area contributed by atoms with Gasteiger partial charge in [0, 0.05) is 25.5 Å². The summed E-state index contributed by atoms with van der Waals surface area (Å²) in [5.74, 6) is 0.486. The van der Waals surface area contributed by atoms with Gasteiger partial charge in [-0.2, -0.15) is 0 Å². The van der Waals surface area contributed by atoms with Crippen molar-refractivity contribution in [2.75, 3.05) is 13.1 Å². The second-order valence-electron chi connectivity index (χ2n) is 5.23. The molecular formula is C17H25FIN5. The number of hydrogen-bond donors (Lipinski definition) is 2. The average Bonchev–Trinajstić information content (AvgIpc) is 3.07. The van der Waals surface area contributed by atoms with Gasteiger partial charge in [-0.3, -0.25) is 0 Å². The zero-order chi connectivity index (χ0) is 16.5. The van der Waals surface area contributed by atoms with E-state index in [1.54, 1.807) is 29.4 Å². The van der Waals surface area contributed by atoms with Crippen LogP contribution in [-0.2, 0) is 6.54 Å². The Kier molecular flexibility index (Phi) is 9.36. The molecule has 0 spiro atoms. The van der Waals surface area contributed by atoms with Crippen molar-refractivity contribution in [2.45, 2.75) is 33.2 Å². The second kappa shape index (κ2) is 11.0. The van der Waals surface area contributed by atoms with Crippen molar-refractivity contribution < 1.29 is 4.39 Å². The molecule has 0 fully saturated rings. The predicted molar refractivity (Wildman–Crippen MR) is 107 cm³/mol. The Balaban J connectivity index is 0.00000288. The fourth-order valence-electron chi connectivity index (χ4n) is 2.16. The van der Waals surface area contributed by atoms with E-state index in [-0.39, 0.29) is 29.8 Å². The molecule has 0 bridgehead atoms. The molecule has 0 atom stereocenters. The van der Waals surface area contributed by atoms with Gasteiger partial charge < -0.3 is 15.2 Å². The van der Waals surface area contributed by atoms with Crippen LogP contribution in [0.25, 0.3) is 5.69 Å². The number of rotatable bonds is 7. The zero-order valence-corrected chi connectivity index (χ0v) is 16.5. The molecule has 0 aliphatic heterocycles. The molecule has 1 heterocycles. The molecule has 0 saturated carbocycles. The topological polar surface area (TPSA) is 54.2 Å². The molecular weight excluding hydrogens is 420 g/mol. The number of nitrogens with zero attached hydrogens (tertiary/aromatic N) is 3. The van der Waals surface area contributed by atoms with Gasteiger partial charge in [0.05, 0.1) is 18.6 Å². The summed E-state index contributed by atoms with van der Waals surface area (Å²) in [6, 6.07) is 5.16. The zero-order valence-electron chi connectivity index (χ0n) is 14.1. The number of halogens is 2. The van der Waals surface area contributed by atoms with E-state index >= 15 is 0 Å². The van der Waals surface area contributed by atoms with Crippen LogP contribution in [0, 0.1) is 5.82 Å². The first kappa shape index (κ1) is 20.4. The Morgan fingerprint density at radius 2 is 2.12 bits per heavy atom. The standard InChI is InChI=1S/C17H24FN5.HI/c1-3-5-8-21-17(20-4-2)22-12-14-6-7-16(15(18)11-14)23-10-9-19-13-23;/h6-7,9-11,13H,3-5,8,12H2,1-2H3,(H2,20,21,22);1H. The van der Waals surface area contributed by atoms with Crippen LogP contribution >= 0.6 is 24.0 Å². The summed E-state index contributed by atoms with van der Waals surface area (Å²) in [5.41, 5.74) is 1.32. The number of aliphatic imine (C=N–C) groups is 1. The van der Waals surface area contributed by atoms with Crippen LogP contribution < -0.4 is 10.6 Å². The highest BCUT2D eigenvalue weighted by Gasteiger charge is 2.05. The normalized spacial score (nSPS) is 11.0. The van der Waals surface area contributed by atoms with Gasteiger partial charge in [0.15, 0.2) is 5.96 Å². The van der Waals surface area contributed by atoms with Crippen molar-refractivity contribution >= 4 is 29.9 Å². The van der Waals surface area contributed by atoms with Crippen LogP contribution in [0.15, 0.2) is 41.9 Å². The van der Waals surface area contributed by atoms with Crippen LogP contribution in [-0.4, -0.2) is 28.6 Å². The van der Waals surface area contributed by atoms with E-state index in [0.717, 1.165) is 37.5 Å². The molecule has 24 heavy (non-hydrogen) atoms.